The zero-order chi connectivity index (χ0) is 63.6. The number of allylic oxidation sites excluding steroid dienone is 12. The molecule has 0 aromatic carbocycles. The minimum atomic E-state index is 0.846. The number of aromatic nitrogens is 4. The van der Waals surface area contributed by atoms with Crippen LogP contribution in [0, 0.1) is 0 Å². The van der Waals surface area contributed by atoms with Crippen molar-refractivity contribution in [2.24, 2.45) is 20.0 Å². The monoisotopic (exact) mass is 1240 g/mol. The largest absolute Gasteiger partial charge is 0.385 e. The van der Waals surface area contributed by atoms with Crippen molar-refractivity contribution in [2.75, 3.05) is 54.9 Å². The van der Waals surface area contributed by atoms with Crippen molar-refractivity contribution in [1.82, 2.24) is 0 Å². The Bertz CT molecular complexity index is 2960. The van der Waals surface area contributed by atoms with Gasteiger partial charge in [-0.3, -0.25) is 0 Å². The van der Waals surface area contributed by atoms with Gasteiger partial charge in [0.25, 0.3) is 0 Å². The zero-order valence-corrected chi connectivity index (χ0v) is 56.5. The van der Waals surface area contributed by atoms with E-state index >= 15 is 0 Å². The first-order valence-corrected chi connectivity index (χ1v) is 35.6. The van der Waals surface area contributed by atoms with Crippen LogP contribution in [0.4, 0.5) is 0 Å². The lowest BCUT2D eigenvalue weighted by Crippen LogP contribution is -2.39. The average Bonchev–Trinajstić information content (AvgIpc) is 1.60. The molecule has 12 nitrogen and oxygen atoms in total. The minimum absolute atomic E-state index is 0.846. The van der Waals surface area contributed by atoms with E-state index in [9.17, 15) is 0 Å². The summed E-state index contributed by atoms with van der Waals surface area (Å²) in [4.78, 5) is 23.2. The van der Waals surface area contributed by atoms with Gasteiger partial charge in [-0.05, 0) is 124 Å². The molecule has 0 fully saturated rings. The van der Waals surface area contributed by atoms with Crippen LogP contribution in [0.3, 0.4) is 0 Å². The number of ether oxygens (including phenoxy) is 4. The Morgan fingerprint density at radius 3 is 0.641 bits per heavy atom. The van der Waals surface area contributed by atoms with Crippen molar-refractivity contribution in [3.8, 4) is 0 Å². The fraction of sp³-hybridized carbons (Fsp3) is 0.500. The summed E-state index contributed by atoms with van der Waals surface area (Å²) >= 11 is 0. The number of fused-ring (bicyclic) bond motifs is 4. The SMILES string of the molecule is COCCCCCCCCC[n+]1ccccc1C1=C2C=CC(=N2)C(c2cccc[n+]2CCCCCCCCCOC)=C2C=CC(=N2)C(c2cccc[n+]2CCCCCCCCCOC)=C2C=CC(=N2)C(c2cccc[n+]2CCCCCCCCCOC)=C2C=CC1=N2. The summed E-state index contributed by atoms with van der Waals surface area (Å²) in [6.07, 6.45) is 60.2. The van der Waals surface area contributed by atoms with Crippen LogP contribution in [0.25, 0.3) is 22.3 Å². The molecule has 9 rings (SSSR count). The van der Waals surface area contributed by atoms with Crippen molar-refractivity contribution < 1.29 is 37.2 Å². The standard InChI is InChI=1S/C80H108N8O4/c1-89-61-37-21-13-5-9-17-29-53-85-57-33-25-41-73(85)77-65-45-47-67(81-65)78(74-42-26-34-58-86(74)54-30-18-10-6-14-22-38-62-90-2)69-49-51-71(83-69)80(76-44-28-36-60-88(76)56-32-20-12-8-16-24-40-64-92-4)72-52-50-70(84-72)79(68-48-46-66(77)82-68)75-43-27-35-59-87(75)55-31-19-11-7-15-23-39-63-91-3/h25-28,33-36,41-52,57-60H,5-24,29-32,37-40,53-56,61-64H2,1-4H3/q+4. The van der Waals surface area contributed by atoms with Gasteiger partial charge in [-0.1, -0.05) is 103 Å². The lowest BCUT2D eigenvalue weighted by Gasteiger charge is -2.12. The number of nitrogens with zero attached hydrogens (tertiary/aromatic N) is 8. The maximum atomic E-state index is 5.80. The third-order valence-corrected chi connectivity index (χ3v) is 18.4. The van der Waals surface area contributed by atoms with E-state index in [0.717, 1.165) is 195 Å². The van der Waals surface area contributed by atoms with Crippen molar-refractivity contribution in [1.29, 1.82) is 0 Å². The number of aliphatic imine (C=N–C) groups is 4. The molecule has 0 amide bonds. The molecular formula is C80H108N8O4+4. The summed E-state index contributed by atoms with van der Waals surface area (Å²) in [7, 11) is 7.20. The second-order valence-electron chi connectivity index (χ2n) is 25.4. The second kappa shape index (κ2) is 39.6. The number of pyridine rings is 4. The molecule has 0 atom stereocenters. The lowest BCUT2D eigenvalue weighted by atomic mass is 10.0. The molecule has 0 radical (unpaired) electrons. The molecular weight excluding hydrogens is 1140 g/mol. The van der Waals surface area contributed by atoms with E-state index in [1.807, 2.05) is 0 Å². The molecule has 8 bridgehead atoms. The summed E-state index contributed by atoms with van der Waals surface area (Å²) in [5, 5.41) is 0. The summed E-state index contributed by atoms with van der Waals surface area (Å²) in [6.45, 7) is 6.96. The molecule has 0 unspecified atom stereocenters. The highest BCUT2D eigenvalue weighted by Gasteiger charge is 2.35. The van der Waals surface area contributed by atoms with Crippen LogP contribution >= 0.6 is 0 Å². The lowest BCUT2D eigenvalue weighted by molar-refractivity contribution is -0.699. The van der Waals surface area contributed by atoms with Crippen molar-refractivity contribution in [3.63, 3.8) is 0 Å². The Kier molecular flexibility index (Phi) is 29.8. The first-order chi connectivity index (χ1) is 45.6. The number of aryl methyl sites for hydroxylation is 4. The molecule has 0 saturated carbocycles. The highest BCUT2D eigenvalue weighted by molar-refractivity contribution is 6.39. The molecule has 5 aliphatic rings. The Hall–Kier alpha value is -6.96. The van der Waals surface area contributed by atoms with Gasteiger partial charge < -0.3 is 18.9 Å². The van der Waals surface area contributed by atoms with Crippen LogP contribution < -0.4 is 18.3 Å². The number of hydrogen-bond donors (Lipinski definition) is 0. The van der Waals surface area contributed by atoms with Crippen molar-refractivity contribution in [2.45, 2.75) is 206 Å². The Balaban J connectivity index is 1.16. The first kappa shape index (κ1) is 69.4. The summed E-state index contributed by atoms with van der Waals surface area (Å²) in [6, 6.07) is 26.4. The van der Waals surface area contributed by atoms with Gasteiger partial charge in [-0.15, -0.1) is 0 Å². The van der Waals surface area contributed by atoms with Gasteiger partial charge in [0.15, 0.2) is 24.8 Å². The predicted molar refractivity (Wildman–Crippen MR) is 377 cm³/mol. The molecule has 92 heavy (non-hydrogen) atoms. The van der Waals surface area contributed by atoms with Gasteiger partial charge >= 0.3 is 0 Å². The molecule has 5 aliphatic heterocycles. The van der Waals surface area contributed by atoms with E-state index in [1.54, 1.807) is 28.4 Å². The van der Waals surface area contributed by atoms with Crippen LogP contribution in [-0.2, 0) is 45.1 Å². The summed E-state index contributed by atoms with van der Waals surface area (Å²) in [5.74, 6) is 0. The normalized spacial score (nSPS) is 15.1. The van der Waals surface area contributed by atoms with Gasteiger partial charge in [0.2, 0.25) is 22.8 Å². The van der Waals surface area contributed by atoms with E-state index in [1.165, 1.54) is 128 Å². The number of unbranched alkanes of at least 4 members (excludes halogenated alkanes) is 24. The van der Waals surface area contributed by atoms with Crippen molar-refractivity contribution in [3.05, 3.63) is 192 Å². The summed E-state index contributed by atoms with van der Waals surface area (Å²) < 4.78 is 31.1. The topological polar surface area (TPSA) is 102 Å². The van der Waals surface area contributed by atoms with Gasteiger partial charge in [0.05, 0.1) is 67.9 Å². The zero-order valence-electron chi connectivity index (χ0n) is 56.5. The highest BCUT2D eigenvalue weighted by atomic mass is 16.5. The van der Waals surface area contributed by atoms with Gasteiger partial charge in [0, 0.05) is 129 Å². The Labute approximate surface area is 552 Å². The van der Waals surface area contributed by atoms with Crippen LogP contribution in [0.2, 0.25) is 0 Å². The average molecular weight is 1250 g/mol. The number of hydrogen-bond acceptors (Lipinski definition) is 8. The molecule has 4 aromatic heterocycles. The van der Waals surface area contributed by atoms with Gasteiger partial charge in [0.1, 0.15) is 26.2 Å². The fourth-order valence-corrected chi connectivity index (χ4v) is 13.4. The fourth-order valence-electron chi connectivity index (χ4n) is 13.4. The predicted octanol–water partition coefficient (Wildman–Crippen LogP) is 16.3. The number of methoxy groups -OCH3 is 4. The van der Waals surface area contributed by atoms with E-state index in [4.69, 9.17) is 38.9 Å². The number of rotatable bonds is 44. The van der Waals surface area contributed by atoms with Crippen LogP contribution in [0.5, 0.6) is 0 Å². The first-order valence-electron chi connectivity index (χ1n) is 35.6. The van der Waals surface area contributed by atoms with Crippen LogP contribution in [-0.4, -0.2) is 77.7 Å². The van der Waals surface area contributed by atoms with Gasteiger partial charge in [-0.25, -0.2) is 20.0 Å². The Morgan fingerprint density at radius 1 is 0.239 bits per heavy atom. The van der Waals surface area contributed by atoms with Crippen LogP contribution in [0.15, 0.2) is 189 Å². The molecule has 0 spiro atoms. The van der Waals surface area contributed by atoms with Crippen molar-refractivity contribution >= 4 is 45.1 Å². The summed E-state index contributed by atoms with van der Waals surface area (Å²) in [5.41, 5.74) is 15.5. The third-order valence-electron chi connectivity index (χ3n) is 18.4. The molecule has 9 heterocycles. The Morgan fingerprint density at radius 2 is 0.435 bits per heavy atom. The second-order valence-corrected chi connectivity index (χ2v) is 25.4. The van der Waals surface area contributed by atoms with E-state index < -0.39 is 0 Å². The molecule has 488 valence electrons. The smallest absolute Gasteiger partial charge is 0.216 e. The maximum absolute atomic E-state index is 5.80. The molecule has 0 N–H and O–H groups in total. The quantitative estimate of drug-likeness (QED) is 0.0325. The molecule has 12 heteroatoms. The maximum Gasteiger partial charge on any atom is 0.216 e. The van der Waals surface area contributed by atoms with Crippen LogP contribution in [0.1, 0.15) is 203 Å². The highest BCUT2D eigenvalue weighted by Crippen LogP contribution is 2.37. The van der Waals surface area contributed by atoms with E-state index in [-0.39, 0.29) is 0 Å². The molecule has 0 saturated heterocycles. The minimum Gasteiger partial charge on any atom is -0.385 e. The van der Waals surface area contributed by atoms with Gasteiger partial charge in [-0.2, -0.15) is 18.3 Å². The van der Waals surface area contributed by atoms with E-state index in [2.05, 4.69) is 164 Å². The molecule has 4 aromatic rings. The third kappa shape index (κ3) is 20.5. The van der Waals surface area contributed by atoms with E-state index in [0.29, 0.717) is 0 Å². The molecule has 0 aliphatic carbocycles.